The van der Waals surface area contributed by atoms with Crippen LogP contribution < -0.4 is 0 Å². The van der Waals surface area contributed by atoms with Crippen LogP contribution in [0.1, 0.15) is 56.8 Å². The van der Waals surface area contributed by atoms with Crippen molar-refractivity contribution >= 4 is 22.6 Å². The van der Waals surface area contributed by atoms with Crippen LogP contribution in [-0.2, 0) is 0 Å². The number of para-hydroxylation sites is 1. The highest BCUT2D eigenvalue weighted by atomic mass is 35.5. The predicted molar refractivity (Wildman–Crippen MR) is 80.6 cm³/mol. The Morgan fingerprint density at radius 1 is 1.35 bits per heavy atom. The Morgan fingerprint density at radius 2 is 2.10 bits per heavy atom. The van der Waals surface area contributed by atoms with Gasteiger partial charge in [-0.15, -0.1) is 11.6 Å². The molecule has 2 aromatic rings. The third-order valence-corrected chi connectivity index (χ3v) is 4.65. The largest absolute Gasteiger partial charge is 0.323 e. The number of aromatic nitrogens is 2. The molecule has 4 heteroatoms. The lowest BCUT2D eigenvalue weighted by Crippen LogP contribution is -2.23. The smallest absolute Gasteiger partial charge is 0.151 e. The molecule has 20 heavy (non-hydrogen) atoms. The third kappa shape index (κ3) is 2.22. The quantitative estimate of drug-likeness (QED) is 0.694. The van der Waals surface area contributed by atoms with E-state index in [0.29, 0.717) is 17.5 Å². The maximum absolute atomic E-state index is 14.0. The van der Waals surface area contributed by atoms with Crippen molar-refractivity contribution in [2.45, 2.75) is 50.9 Å². The Labute approximate surface area is 123 Å². The Bertz CT molecular complexity index is 620. The van der Waals surface area contributed by atoms with Crippen LogP contribution in [0.3, 0.4) is 0 Å². The topological polar surface area (TPSA) is 17.8 Å². The Kier molecular flexibility index (Phi) is 3.72. The monoisotopic (exact) mass is 294 g/mol. The highest BCUT2D eigenvalue weighted by molar-refractivity contribution is 6.20. The van der Waals surface area contributed by atoms with Crippen LogP contribution in [0.5, 0.6) is 0 Å². The summed E-state index contributed by atoms with van der Waals surface area (Å²) in [6.07, 6.45) is 4.85. The average Bonchev–Trinajstić information content (AvgIpc) is 2.80. The van der Waals surface area contributed by atoms with Crippen LogP contribution in [0.2, 0.25) is 0 Å². The maximum atomic E-state index is 14.0. The first-order valence-corrected chi connectivity index (χ1v) is 7.83. The molecule has 3 rings (SSSR count). The Morgan fingerprint density at radius 3 is 2.80 bits per heavy atom. The molecule has 1 fully saturated rings. The van der Waals surface area contributed by atoms with Crippen LogP contribution >= 0.6 is 11.6 Å². The van der Waals surface area contributed by atoms with Gasteiger partial charge in [0, 0.05) is 6.04 Å². The van der Waals surface area contributed by atoms with E-state index in [1.807, 2.05) is 13.0 Å². The number of nitrogens with zero attached hydrogens (tertiary/aromatic N) is 2. The number of imidazole rings is 1. The molecule has 0 bridgehead atoms. The van der Waals surface area contributed by atoms with Gasteiger partial charge in [0.15, 0.2) is 5.82 Å². The van der Waals surface area contributed by atoms with E-state index in [2.05, 4.69) is 16.5 Å². The third-order valence-electron chi connectivity index (χ3n) is 4.45. The first-order valence-electron chi connectivity index (χ1n) is 7.40. The number of benzene rings is 1. The van der Waals surface area contributed by atoms with E-state index in [0.717, 1.165) is 17.8 Å². The summed E-state index contributed by atoms with van der Waals surface area (Å²) in [6.45, 7) is 4.18. The number of fused-ring (bicyclic) bond motifs is 1. The highest BCUT2D eigenvalue weighted by Gasteiger charge is 2.28. The van der Waals surface area contributed by atoms with Crippen LogP contribution in [0.4, 0.5) is 4.39 Å². The second kappa shape index (κ2) is 5.36. The van der Waals surface area contributed by atoms with E-state index in [4.69, 9.17) is 11.6 Å². The summed E-state index contributed by atoms with van der Waals surface area (Å²) in [4.78, 5) is 4.48. The van der Waals surface area contributed by atoms with Crippen molar-refractivity contribution < 1.29 is 4.39 Å². The molecule has 3 atom stereocenters. The molecule has 0 spiro atoms. The lowest BCUT2D eigenvalue weighted by atomic mass is 9.85. The summed E-state index contributed by atoms with van der Waals surface area (Å²) >= 11 is 6.29. The summed E-state index contributed by atoms with van der Waals surface area (Å²) in [5.41, 5.74) is 1.33. The fourth-order valence-electron chi connectivity index (χ4n) is 3.41. The average molecular weight is 295 g/mol. The van der Waals surface area contributed by atoms with Gasteiger partial charge in [0.1, 0.15) is 11.3 Å². The number of rotatable bonds is 2. The Balaban J connectivity index is 2.21. The van der Waals surface area contributed by atoms with Crippen molar-refractivity contribution in [3.8, 4) is 0 Å². The SMILES string of the molecule is CC(Cl)c1nc2c(F)cccc2n1C1CCCCC1C. The summed E-state index contributed by atoms with van der Waals surface area (Å²) in [5, 5.41) is -0.212. The molecule has 0 radical (unpaired) electrons. The van der Waals surface area contributed by atoms with Crippen LogP contribution in [0, 0.1) is 11.7 Å². The van der Waals surface area contributed by atoms with E-state index in [1.54, 1.807) is 6.07 Å². The van der Waals surface area contributed by atoms with Crippen LogP contribution in [-0.4, -0.2) is 9.55 Å². The molecule has 108 valence electrons. The summed E-state index contributed by atoms with van der Waals surface area (Å²) < 4.78 is 16.2. The van der Waals surface area contributed by atoms with Gasteiger partial charge >= 0.3 is 0 Å². The van der Waals surface area contributed by atoms with Crippen LogP contribution in [0.25, 0.3) is 11.0 Å². The van der Waals surface area contributed by atoms with Gasteiger partial charge < -0.3 is 4.57 Å². The molecule has 0 saturated heterocycles. The van der Waals surface area contributed by atoms with Crippen molar-refractivity contribution in [1.29, 1.82) is 0 Å². The van der Waals surface area contributed by atoms with Crippen molar-refractivity contribution in [3.05, 3.63) is 29.8 Å². The van der Waals surface area contributed by atoms with Crippen molar-refractivity contribution in [3.63, 3.8) is 0 Å². The van der Waals surface area contributed by atoms with E-state index in [1.165, 1.54) is 25.3 Å². The van der Waals surface area contributed by atoms with Gasteiger partial charge in [0.2, 0.25) is 0 Å². The molecule has 1 heterocycles. The highest BCUT2D eigenvalue weighted by Crippen LogP contribution is 2.39. The number of halogens is 2. The fraction of sp³-hybridized carbons (Fsp3) is 0.562. The van der Waals surface area contributed by atoms with Gasteiger partial charge in [0.25, 0.3) is 0 Å². The van der Waals surface area contributed by atoms with E-state index in [-0.39, 0.29) is 11.2 Å². The number of alkyl halides is 1. The molecule has 2 nitrogen and oxygen atoms in total. The molecule has 1 aromatic carbocycles. The van der Waals surface area contributed by atoms with Gasteiger partial charge in [-0.05, 0) is 37.8 Å². The zero-order valence-corrected chi connectivity index (χ0v) is 12.7. The normalized spacial score (nSPS) is 25.0. The van der Waals surface area contributed by atoms with E-state index < -0.39 is 0 Å². The first kappa shape index (κ1) is 13.9. The molecule has 0 N–H and O–H groups in total. The fourth-order valence-corrected chi connectivity index (χ4v) is 3.56. The van der Waals surface area contributed by atoms with Gasteiger partial charge in [-0.2, -0.15) is 0 Å². The minimum absolute atomic E-state index is 0.212. The van der Waals surface area contributed by atoms with Crippen molar-refractivity contribution in [2.24, 2.45) is 5.92 Å². The van der Waals surface area contributed by atoms with Gasteiger partial charge in [0.05, 0.1) is 10.9 Å². The standard InChI is InChI=1S/C16H20ClFN2/c1-10-6-3-4-8-13(10)20-14-9-5-7-12(18)15(14)19-16(20)11(2)17/h5,7,9-11,13H,3-4,6,8H2,1-2H3. The van der Waals surface area contributed by atoms with Crippen LogP contribution in [0.15, 0.2) is 18.2 Å². The summed E-state index contributed by atoms with van der Waals surface area (Å²) in [6, 6.07) is 5.56. The second-order valence-corrected chi connectivity index (χ2v) is 6.55. The lowest BCUT2D eigenvalue weighted by molar-refractivity contribution is 0.257. The second-order valence-electron chi connectivity index (χ2n) is 5.89. The molecular formula is C16H20ClFN2. The molecular weight excluding hydrogens is 275 g/mol. The van der Waals surface area contributed by atoms with Crippen molar-refractivity contribution in [2.75, 3.05) is 0 Å². The van der Waals surface area contributed by atoms with Gasteiger partial charge in [-0.1, -0.05) is 25.8 Å². The molecule has 1 aliphatic rings. The molecule has 0 amide bonds. The maximum Gasteiger partial charge on any atom is 0.151 e. The minimum atomic E-state index is -0.261. The summed E-state index contributed by atoms with van der Waals surface area (Å²) in [7, 11) is 0. The zero-order valence-electron chi connectivity index (χ0n) is 11.9. The zero-order chi connectivity index (χ0) is 14.3. The summed E-state index contributed by atoms with van der Waals surface area (Å²) in [5.74, 6) is 1.12. The predicted octanol–water partition coefficient (Wildman–Crippen LogP) is 5.23. The van der Waals surface area contributed by atoms with E-state index in [9.17, 15) is 4.39 Å². The molecule has 1 aromatic heterocycles. The van der Waals surface area contributed by atoms with Crippen molar-refractivity contribution in [1.82, 2.24) is 9.55 Å². The number of hydrogen-bond donors (Lipinski definition) is 0. The molecule has 1 aliphatic carbocycles. The molecule has 0 aliphatic heterocycles. The van der Waals surface area contributed by atoms with E-state index >= 15 is 0 Å². The minimum Gasteiger partial charge on any atom is -0.323 e. The lowest BCUT2D eigenvalue weighted by Gasteiger charge is -2.32. The molecule has 3 unspecified atom stereocenters. The number of hydrogen-bond acceptors (Lipinski definition) is 1. The molecule has 1 saturated carbocycles. The van der Waals surface area contributed by atoms with Gasteiger partial charge in [-0.25, -0.2) is 9.37 Å². The first-order chi connectivity index (χ1) is 9.59. The Hall–Kier alpha value is -1.09. The van der Waals surface area contributed by atoms with Gasteiger partial charge in [-0.3, -0.25) is 0 Å².